The van der Waals surface area contributed by atoms with Crippen LogP contribution >= 0.6 is 11.6 Å². The fourth-order valence-electron chi connectivity index (χ4n) is 5.73. The summed E-state index contributed by atoms with van der Waals surface area (Å²) in [6, 6.07) is 10.3. The third-order valence-corrected chi connectivity index (χ3v) is 6.49. The van der Waals surface area contributed by atoms with Crippen molar-refractivity contribution in [2.24, 2.45) is 17.3 Å². The Morgan fingerprint density at radius 1 is 1.18 bits per heavy atom. The SMILES string of the molecule is CN(Cc1ccccc1)C(=O)C12C[C@H]3C[C@@H](CC(Cl)(C3)C1)C2. The first-order chi connectivity index (χ1) is 10.5. The number of benzene rings is 1. The lowest BCUT2D eigenvalue weighted by atomic mass is 9.49. The molecule has 1 aromatic carbocycles. The van der Waals surface area contributed by atoms with E-state index >= 15 is 0 Å². The van der Waals surface area contributed by atoms with Gasteiger partial charge in [0.05, 0.1) is 5.41 Å². The number of amides is 1. The molecule has 4 bridgehead atoms. The van der Waals surface area contributed by atoms with Gasteiger partial charge in [-0.1, -0.05) is 30.3 Å². The molecule has 0 N–H and O–H groups in total. The van der Waals surface area contributed by atoms with Gasteiger partial charge in [0.15, 0.2) is 0 Å². The Balaban J connectivity index is 1.55. The zero-order chi connectivity index (χ0) is 15.4. The molecule has 1 aromatic rings. The van der Waals surface area contributed by atoms with Crippen LogP contribution in [0.5, 0.6) is 0 Å². The molecule has 0 saturated heterocycles. The molecule has 5 rings (SSSR count). The summed E-state index contributed by atoms with van der Waals surface area (Å²) in [4.78, 5) is 15.1. The summed E-state index contributed by atoms with van der Waals surface area (Å²) in [6.07, 6.45) is 6.58. The van der Waals surface area contributed by atoms with E-state index < -0.39 is 0 Å². The standard InChI is InChI=1S/C19H24ClNO/c1-21(12-14-5-3-2-4-6-14)17(22)18-8-15-7-16(9-18)11-19(20,10-15)13-18/h2-6,15-16H,7-13H2,1H3/t15-,16-,18?,19?/m1/s1. The van der Waals surface area contributed by atoms with Crippen LogP contribution in [0.25, 0.3) is 0 Å². The van der Waals surface area contributed by atoms with E-state index in [1.807, 2.05) is 30.1 Å². The normalized spacial score (nSPS) is 39.0. The smallest absolute Gasteiger partial charge is 0.228 e. The van der Waals surface area contributed by atoms with Crippen LogP contribution in [0, 0.1) is 17.3 Å². The summed E-state index contributed by atoms with van der Waals surface area (Å²) < 4.78 is 0. The summed E-state index contributed by atoms with van der Waals surface area (Å²) in [7, 11) is 1.95. The number of hydrogen-bond donors (Lipinski definition) is 0. The lowest BCUT2D eigenvalue weighted by Crippen LogP contribution is -2.58. The highest BCUT2D eigenvalue weighted by molar-refractivity contribution is 6.24. The van der Waals surface area contributed by atoms with E-state index in [4.69, 9.17) is 11.6 Å². The van der Waals surface area contributed by atoms with Gasteiger partial charge in [0.25, 0.3) is 0 Å². The molecule has 0 radical (unpaired) electrons. The van der Waals surface area contributed by atoms with E-state index in [9.17, 15) is 4.79 Å². The molecule has 0 aliphatic heterocycles. The third kappa shape index (κ3) is 2.36. The molecule has 0 heterocycles. The van der Waals surface area contributed by atoms with Gasteiger partial charge in [0.1, 0.15) is 0 Å². The maximum absolute atomic E-state index is 13.2. The average Bonchev–Trinajstić information content (AvgIpc) is 2.45. The minimum atomic E-state index is -0.171. The molecule has 4 saturated carbocycles. The van der Waals surface area contributed by atoms with Gasteiger partial charge in [0, 0.05) is 18.5 Å². The van der Waals surface area contributed by atoms with Crippen molar-refractivity contribution in [2.45, 2.75) is 49.9 Å². The second-order valence-electron chi connectivity index (χ2n) is 8.04. The molecule has 0 aromatic heterocycles. The molecule has 2 atom stereocenters. The first-order valence-corrected chi connectivity index (χ1v) is 8.84. The molecule has 4 aliphatic rings. The molecule has 0 spiro atoms. The van der Waals surface area contributed by atoms with E-state index in [1.54, 1.807) is 0 Å². The van der Waals surface area contributed by atoms with Crippen LogP contribution in [-0.2, 0) is 11.3 Å². The zero-order valence-corrected chi connectivity index (χ0v) is 14.0. The summed E-state index contributed by atoms with van der Waals surface area (Å²) in [5, 5.41) is 0. The van der Waals surface area contributed by atoms with Gasteiger partial charge in [-0.05, 0) is 55.9 Å². The molecule has 4 aliphatic carbocycles. The first kappa shape index (κ1) is 14.6. The molecule has 0 unspecified atom stereocenters. The maximum atomic E-state index is 13.2. The highest BCUT2D eigenvalue weighted by Gasteiger charge is 2.60. The average molecular weight is 318 g/mol. The molecule has 22 heavy (non-hydrogen) atoms. The molecular weight excluding hydrogens is 294 g/mol. The Kier molecular flexibility index (Phi) is 3.30. The fraction of sp³-hybridized carbons (Fsp3) is 0.632. The van der Waals surface area contributed by atoms with E-state index in [2.05, 4.69) is 12.1 Å². The molecular formula is C19H24ClNO. The van der Waals surface area contributed by atoms with Crippen LogP contribution in [0.3, 0.4) is 0 Å². The predicted octanol–water partition coefficient (Wildman–Crippen LogP) is 4.22. The van der Waals surface area contributed by atoms with Crippen molar-refractivity contribution in [3.8, 4) is 0 Å². The van der Waals surface area contributed by atoms with Crippen molar-refractivity contribution < 1.29 is 4.79 Å². The van der Waals surface area contributed by atoms with Crippen molar-refractivity contribution in [2.75, 3.05) is 7.05 Å². The van der Waals surface area contributed by atoms with E-state index in [0.717, 1.165) is 32.1 Å². The minimum Gasteiger partial charge on any atom is -0.341 e. The van der Waals surface area contributed by atoms with Crippen molar-refractivity contribution in [1.82, 2.24) is 4.90 Å². The Hall–Kier alpha value is -1.02. The van der Waals surface area contributed by atoms with Crippen molar-refractivity contribution in [1.29, 1.82) is 0 Å². The number of halogens is 1. The first-order valence-electron chi connectivity index (χ1n) is 8.47. The number of nitrogens with zero attached hydrogens (tertiary/aromatic N) is 1. The van der Waals surface area contributed by atoms with E-state index in [1.165, 1.54) is 12.0 Å². The number of rotatable bonds is 3. The fourth-order valence-corrected chi connectivity index (χ4v) is 6.43. The zero-order valence-electron chi connectivity index (χ0n) is 13.2. The summed E-state index contributed by atoms with van der Waals surface area (Å²) in [6.45, 7) is 0.700. The van der Waals surface area contributed by atoms with Gasteiger partial charge in [-0.3, -0.25) is 4.79 Å². The van der Waals surface area contributed by atoms with Crippen LogP contribution < -0.4 is 0 Å². The van der Waals surface area contributed by atoms with Crippen LogP contribution in [0.1, 0.15) is 44.1 Å². The Labute approximate surface area is 137 Å². The van der Waals surface area contributed by atoms with E-state index in [-0.39, 0.29) is 10.3 Å². The second kappa shape index (κ2) is 4.99. The van der Waals surface area contributed by atoms with Gasteiger partial charge in [-0.2, -0.15) is 0 Å². The highest BCUT2D eigenvalue weighted by Crippen LogP contribution is 2.64. The largest absolute Gasteiger partial charge is 0.341 e. The van der Waals surface area contributed by atoms with Gasteiger partial charge >= 0.3 is 0 Å². The molecule has 118 valence electrons. The Morgan fingerprint density at radius 3 is 2.41 bits per heavy atom. The van der Waals surface area contributed by atoms with Crippen molar-refractivity contribution in [3.05, 3.63) is 35.9 Å². The van der Waals surface area contributed by atoms with E-state index in [0.29, 0.717) is 24.3 Å². The number of carbonyl (C=O) groups is 1. The number of hydrogen-bond acceptors (Lipinski definition) is 1. The molecule has 1 amide bonds. The molecule has 4 fully saturated rings. The quantitative estimate of drug-likeness (QED) is 0.764. The Morgan fingerprint density at radius 2 is 1.82 bits per heavy atom. The number of alkyl halides is 1. The summed E-state index contributed by atoms with van der Waals surface area (Å²) >= 11 is 6.86. The third-order valence-electron chi connectivity index (χ3n) is 6.05. The van der Waals surface area contributed by atoms with Crippen molar-refractivity contribution in [3.63, 3.8) is 0 Å². The van der Waals surface area contributed by atoms with Crippen molar-refractivity contribution >= 4 is 17.5 Å². The lowest BCUT2D eigenvalue weighted by Gasteiger charge is -2.59. The monoisotopic (exact) mass is 317 g/mol. The second-order valence-corrected chi connectivity index (χ2v) is 8.84. The molecule has 3 heteroatoms. The number of carbonyl (C=O) groups excluding carboxylic acids is 1. The van der Waals surface area contributed by atoms with Crippen LogP contribution in [0.2, 0.25) is 0 Å². The highest BCUT2D eigenvalue weighted by atomic mass is 35.5. The summed E-state index contributed by atoms with van der Waals surface area (Å²) in [5.41, 5.74) is 1.03. The van der Waals surface area contributed by atoms with Gasteiger partial charge < -0.3 is 4.90 Å². The summed E-state index contributed by atoms with van der Waals surface area (Å²) in [5.74, 6) is 1.68. The predicted molar refractivity (Wildman–Crippen MR) is 88.6 cm³/mol. The van der Waals surface area contributed by atoms with Crippen LogP contribution in [0.4, 0.5) is 0 Å². The molecule has 2 nitrogen and oxygen atoms in total. The minimum absolute atomic E-state index is 0.0900. The van der Waals surface area contributed by atoms with Crippen LogP contribution in [-0.4, -0.2) is 22.7 Å². The maximum Gasteiger partial charge on any atom is 0.228 e. The Bertz CT molecular complexity index is 570. The lowest BCUT2D eigenvalue weighted by molar-refractivity contribution is -0.155. The van der Waals surface area contributed by atoms with Gasteiger partial charge in [0.2, 0.25) is 5.91 Å². The van der Waals surface area contributed by atoms with Gasteiger partial charge in [-0.15, -0.1) is 11.6 Å². The topological polar surface area (TPSA) is 20.3 Å². The van der Waals surface area contributed by atoms with Gasteiger partial charge in [-0.25, -0.2) is 0 Å². The van der Waals surface area contributed by atoms with Crippen LogP contribution in [0.15, 0.2) is 30.3 Å².